The summed E-state index contributed by atoms with van der Waals surface area (Å²) >= 11 is 0. The van der Waals surface area contributed by atoms with Gasteiger partial charge in [-0.05, 0) is 18.8 Å². The van der Waals surface area contributed by atoms with Gasteiger partial charge in [0.2, 0.25) is 0 Å². The molecule has 0 bridgehead atoms. The first-order valence-corrected chi connectivity index (χ1v) is 6.07. The fourth-order valence-corrected chi connectivity index (χ4v) is 1.43. The van der Waals surface area contributed by atoms with Crippen LogP contribution in [0.15, 0.2) is 4.99 Å². The Morgan fingerprint density at radius 2 is 1.47 bits per heavy atom. The van der Waals surface area contributed by atoms with Crippen molar-refractivity contribution >= 4 is 11.9 Å². The van der Waals surface area contributed by atoms with Crippen molar-refractivity contribution in [3.8, 4) is 0 Å². The molecule has 0 aliphatic carbocycles. The predicted molar refractivity (Wildman–Crippen MR) is 74.8 cm³/mol. The molecule has 0 radical (unpaired) electrons. The van der Waals surface area contributed by atoms with Gasteiger partial charge < -0.3 is 9.80 Å². The SMILES string of the molecule is CCN(C)/C(N=C(N(C)C)N(C)C)=[N+](\C)CC. The summed E-state index contributed by atoms with van der Waals surface area (Å²) in [5.41, 5.74) is 0. The summed E-state index contributed by atoms with van der Waals surface area (Å²) in [5.74, 6) is 1.94. The molecule has 0 rings (SSSR count). The minimum absolute atomic E-state index is 0.942. The maximum absolute atomic E-state index is 4.75. The lowest BCUT2D eigenvalue weighted by molar-refractivity contribution is -0.499. The molecule has 100 valence electrons. The normalized spacial score (nSPS) is 11.8. The van der Waals surface area contributed by atoms with Gasteiger partial charge in [0, 0.05) is 28.2 Å². The summed E-state index contributed by atoms with van der Waals surface area (Å²) in [7, 11) is 12.2. The Morgan fingerprint density at radius 1 is 1.00 bits per heavy atom. The molecule has 0 saturated carbocycles. The van der Waals surface area contributed by atoms with Gasteiger partial charge in [0.05, 0.1) is 27.2 Å². The van der Waals surface area contributed by atoms with Gasteiger partial charge in [-0.2, -0.15) is 0 Å². The fourth-order valence-electron chi connectivity index (χ4n) is 1.43. The van der Waals surface area contributed by atoms with Crippen LogP contribution in [0, 0.1) is 0 Å². The van der Waals surface area contributed by atoms with Crippen molar-refractivity contribution < 1.29 is 4.58 Å². The van der Waals surface area contributed by atoms with E-state index in [0.29, 0.717) is 0 Å². The smallest absolute Gasteiger partial charge is 0.335 e. The van der Waals surface area contributed by atoms with Crippen LogP contribution in [-0.2, 0) is 0 Å². The molecule has 0 amide bonds. The van der Waals surface area contributed by atoms with E-state index >= 15 is 0 Å². The van der Waals surface area contributed by atoms with Crippen LogP contribution in [0.2, 0.25) is 0 Å². The Balaban J connectivity index is 5.42. The highest BCUT2D eigenvalue weighted by Crippen LogP contribution is 1.95. The van der Waals surface area contributed by atoms with Crippen LogP contribution in [0.1, 0.15) is 13.8 Å². The third-order valence-corrected chi connectivity index (χ3v) is 2.63. The average molecular weight is 242 g/mol. The van der Waals surface area contributed by atoms with E-state index in [2.05, 4.69) is 37.4 Å². The molecule has 0 N–H and O–H groups in total. The molecule has 0 aromatic rings. The van der Waals surface area contributed by atoms with Crippen LogP contribution in [-0.4, -0.2) is 86.6 Å². The first kappa shape index (κ1) is 15.7. The summed E-state index contributed by atoms with van der Waals surface area (Å²) in [5, 5.41) is 0. The largest absolute Gasteiger partial charge is 0.392 e. The fraction of sp³-hybridized carbons (Fsp3) is 0.833. The quantitative estimate of drug-likeness (QED) is 0.399. The van der Waals surface area contributed by atoms with E-state index in [0.717, 1.165) is 25.0 Å². The molecule has 0 aliphatic rings. The van der Waals surface area contributed by atoms with E-state index in [1.807, 2.05) is 38.0 Å². The first-order valence-electron chi connectivity index (χ1n) is 6.07. The molecule has 0 saturated heterocycles. The molecule has 0 atom stereocenters. The van der Waals surface area contributed by atoms with E-state index in [4.69, 9.17) is 4.99 Å². The van der Waals surface area contributed by atoms with E-state index in [9.17, 15) is 0 Å². The van der Waals surface area contributed by atoms with Crippen molar-refractivity contribution in [3.63, 3.8) is 0 Å². The van der Waals surface area contributed by atoms with Gasteiger partial charge in [0.1, 0.15) is 0 Å². The van der Waals surface area contributed by atoms with Crippen LogP contribution in [0.4, 0.5) is 0 Å². The van der Waals surface area contributed by atoms with Gasteiger partial charge in [-0.1, -0.05) is 0 Å². The van der Waals surface area contributed by atoms with E-state index in [1.165, 1.54) is 0 Å². The van der Waals surface area contributed by atoms with Gasteiger partial charge in [-0.25, -0.2) is 0 Å². The second-order valence-electron chi connectivity index (χ2n) is 4.53. The third kappa shape index (κ3) is 4.63. The van der Waals surface area contributed by atoms with Crippen molar-refractivity contribution in [2.24, 2.45) is 4.99 Å². The lowest BCUT2D eigenvalue weighted by Crippen LogP contribution is -2.40. The highest BCUT2D eigenvalue weighted by atomic mass is 15.4. The average Bonchev–Trinajstić information content (AvgIpc) is 2.27. The van der Waals surface area contributed by atoms with Crippen molar-refractivity contribution in [1.82, 2.24) is 14.7 Å². The Bertz CT molecular complexity index is 281. The molecule has 0 aromatic heterocycles. The molecule has 5 heteroatoms. The lowest BCUT2D eigenvalue weighted by Gasteiger charge is -2.20. The standard InChI is InChI=1S/C12H28N5/c1-9-16(7)12(17(8)10-2)13-11(14(3)4)15(5)6/h9-10H2,1-8H3/q+1. The zero-order valence-electron chi connectivity index (χ0n) is 12.7. The Morgan fingerprint density at radius 3 is 1.76 bits per heavy atom. The maximum atomic E-state index is 4.75. The zero-order chi connectivity index (χ0) is 13.6. The van der Waals surface area contributed by atoms with Crippen molar-refractivity contribution in [3.05, 3.63) is 0 Å². The summed E-state index contributed by atoms with van der Waals surface area (Å²) in [6.45, 7) is 6.14. The van der Waals surface area contributed by atoms with Crippen LogP contribution in [0.5, 0.6) is 0 Å². The predicted octanol–water partition coefficient (Wildman–Crippen LogP) is 0.436. The van der Waals surface area contributed by atoms with Crippen LogP contribution in [0.3, 0.4) is 0 Å². The Hall–Kier alpha value is -1.26. The van der Waals surface area contributed by atoms with E-state index in [1.54, 1.807) is 0 Å². The zero-order valence-corrected chi connectivity index (χ0v) is 12.7. The molecule has 5 nitrogen and oxygen atoms in total. The summed E-state index contributed by atoms with van der Waals surface area (Å²) in [6, 6.07) is 0. The first-order chi connectivity index (χ1) is 7.84. The third-order valence-electron chi connectivity index (χ3n) is 2.63. The molecule has 0 unspecified atom stereocenters. The van der Waals surface area contributed by atoms with E-state index < -0.39 is 0 Å². The summed E-state index contributed by atoms with van der Waals surface area (Å²) in [4.78, 5) is 10.9. The van der Waals surface area contributed by atoms with Crippen molar-refractivity contribution in [2.45, 2.75) is 13.8 Å². The molecule has 0 heterocycles. The van der Waals surface area contributed by atoms with Crippen LogP contribution in [0.25, 0.3) is 0 Å². The van der Waals surface area contributed by atoms with E-state index in [-0.39, 0.29) is 0 Å². The minimum Gasteiger partial charge on any atom is -0.335 e. The molecule has 17 heavy (non-hydrogen) atoms. The van der Waals surface area contributed by atoms with Gasteiger partial charge in [-0.15, -0.1) is 0 Å². The number of guanidine groups is 2. The molecule has 0 aliphatic heterocycles. The number of aliphatic imine (C=N–C) groups is 1. The molecule has 0 fully saturated rings. The van der Waals surface area contributed by atoms with Crippen LogP contribution >= 0.6 is 0 Å². The minimum atomic E-state index is 0.942. The molecule has 0 spiro atoms. The van der Waals surface area contributed by atoms with Crippen molar-refractivity contribution in [2.75, 3.05) is 55.4 Å². The number of nitrogens with zero attached hydrogens (tertiary/aromatic N) is 5. The summed E-state index contributed by atoms with van der Waals surface area (Å²) < 4.78 is 2.15. The Kier molecular flexibility index (Phi) is 6.61. The number of hydrogen-bond acceptors (Lipinski definition) is 0. The van der Waals surface area contributed by atoms with Gasteiger partial charge in [0.15, 0.2) is 0 Å². The highest BCUT2D eigenvalue weighted by Gasteiger charge is 2.19. The van der Waals surface area contributed by atoms with Gasteiger partial charge in [-0.3, -0.25) is 9.48 Å². The highest BCUT2D eigenvalue weighted by molar-refractivity contribution is 5.92. The maximum Gasteiger partial charge on any atom is 0.392 e. The summed E-state index contributed by atoms with van der Waals surface area (Å²) in [6.07, 6.45) is 0. The Labute approximate surface area is 106 Å². The molecular weight excluding hydrogens is 214 g/mol. The topological polar surface area (TPSA) is 25.1 Å². The number of rotatable bonds is 2. The molecular formula is C12H28N5+. The number of hydrogen-bond donors (Lipinski definition) is 0. The van der Waals surface area contributed by atoms with Gasteiger partial charge >= 0.3 is 5.96 Å². The lowest BCUT2D eigenvalue weighted by atomic mass is 10.6. The van der Waals surface area contributed by atoms with Crippen LogP contribution < -0.4 is 0 Å². The second kappa shape index (κ2) is 7.14. The van der Waals surface area contributed by atoms with Crippen molar-refractivity contribution in [1.29, 1.82) is 0 Å². The monoisotopic (exact) mass is 242 g/mol. The second-order valence-corrected chi connectivity index (χ2v) is 4.53. The van der Waals surface area contributed by atoms with Gasteiger partial charge in [0.25, 0.3) is 5.96 Å². The molecule has 0 aromatic carbocycles.